The van der Waals surface area contributed by atoms with Crippen LogP contribution in [0.4, 0.5) is 5.69 Å². The molecule has 0 heterocycles. The van der Waals surface area contributed by atoms with E-state index >= 15 is 0 Å². The summed E-state index contributed by atoms with van der Waals surface area (Å²) >= 11 is 5.94. The van der Waals surface area contributed by atoms with Crippen LogP contribution in [0.1, 0.15) is 43.7 Å². The summed E-state index contributed by atoms with van der Waals surface area (Å²) in [6, 6.07) is 6.49. The van der Waals surface area contributed by atoms with Crippen molar-refractivity contribution in [1.29, 1.82) is 5.26 Å². The number of halogens is 1. The summed E-state index contributed by atoms with van der Waals surface area (Å²) in [5, 5.41) is 11.7. The second-order valence-corrected chi connectivity index (χ2v) is 6.84. The predicted molar refractivity (Wildman–Crippen MR) is 105 cm³/mol. The highest BCUT2D eigenvalue weighted by Crippen LogP contribution is 2.26. The van der Waals surface area contributed by atoms with E-state index in [1.165, 1.54) is 12.1 Å². The van der Waals surface area contributed by atoms with Crippen molar-refractivity contribution in [3.8, 4) is 6.07 Å². The minimum absolute atomic E-state index is 0.240. The van der Waals surface area contributed by atoms with E-state index in [1.807, 2.05) is 40.7 Å². The smallest absolute Gasteiger partial charge is 0.339 e. The Morgan fingerprint density at radius 3 is 2.11 bits per heavy atom. The molecule has 0 aliphatic carbocycles. The molecule has 0 atom stereocenters. The second-order valence-electron chi connectivity index (χ2n) is 6.43. The summed E-state index contributed by atoms with van der Waals surface area (Å²) in [7, 11) is 0. The van der Waals surface area contributed by atoms with E-state index in [0.717, 1.165) is 27.8 Å². The lowest BCUT2D eigenvalue weighted by Gasteiger charge is -2.17. The number of amides is 1. The van der Waals surface area contributed by atoms with Crippen molar-refractivity contribution in [1.82, 2.24) is 0 Å². The van der Waals surface area contributed by atoms with Gasteiger partial charge in [-0.1, -0.05) is 11.6 Å². The number of anilines is 1. The van der Waals surface area contributed by atoms with Crippen LogP contribution in [0.25, 0.3) is 0 Å². The molecule has 0 bridgehead atoms. The zero-order valence-electron chi connectivity index (χ0n) is 16.0. The maximum atomic E-state index is 12.5. The third kappa shape index (κ3) is 4.29. The largest absolute Gasteiger partial charge is 0.452 e. The molecule has 0 saturated heterocycles. The highest BCUT2D eigenvalue weighted by Gasteiger charge is 2.20. The van der Waals surface area contributed by atoms with Crippen LogP contribution in [-0.4, -0.2) is 18.5 Å². The lowest BCUT2D eigenvalue weighted by atomic mass is 9.90. The molecule has 0 fully saturated rings. The van der Waals surface area contributed by atoms with Gasteiger partial charge >= 0.3 is 5.97 Å². The van der Waals surface area contributed by atoms with Gasteiger partial charge in [-0.15, -0.1) is 0 Å². The van der Waals surface area contributed by atoms with E-state index in [0.29, 0.717) is 16.8 Å². The SMILES string of the molecule is Cc1c(C)c(C)c(C(=O)OCC(=O)Nc2ccc(C#N)c(Cl)c2)c(C)c1C. The molecule has 1 N–H and O–H groups in total. The monoisotopic (exact) mass is 384 g/mol. The molecule has 0 saturated carbocycles. The van der Waals surface area contributed by atoms with Crippen LogP contribution in [0.3, 0.4) is 0 Å². The first-order valence-corrected chi connectivity index (χ1v) is 8.78. The van der Waals surface area contributed by atoms with Gasteiger partial charge in [0.2, 0.25) is 0 Å². The summed E-state index contributed by atoms with van der Waals surface area (Å²) in [4.78, 5) is 24.6. The van der Waals surface area contributed by atoms with Gasteiger partial charge in [0.15, 0.2) is 6.61 Å². The molecule has 0 aromatic heterocycles. The number of esters is 1. The Morgan fingerprint density at radius 1 is 1.04 bits per heavy atom. The van der Waals surface area contributed by atoms with E-state index in [4.69, 9.17) is 21.6 Å². The molecule has 0 aliphatic rings. The molecule has 0 unspecified atom stereocenters. The Morgan fingerprint density at radius 2 is 1.59 bits per heavy atom. The number of nitriles is 1. The summed E-state index contributed by atoms with van der Waals surface area (Å²) < 4.78 is 5.21. The van der Waals surface area contributed by atoms with Gasteiger partial charge in [-0.25, -0.2) is 4.79 Å². The van der Waals surface area contributed by atoms with Crippen LogP contribution in [0.2, 0.25) is 5.02 Å². The first kappa shape index (κ1) is 20.5. The molecule has 0 aliphatic heterocycles. The van der Waals surface area contributed by atoms with Crippen molar-refractivity contribution in [3.63, 3.8) is 0 Å². The van der Waals surface area contributed by atoms with E-state index in [2.05, 4.69) is 5.32 Å². The molecular formula is C21H21ClN2O3. The second kappa shape index (κ2) is 8.24. The maximum absolute atomic E-state index is 12.5. The van der Waals surface area contributed by atoms with E-state index in [9.17, 15) is 9.59 Å². The Balaban J connectivity index is 2.09. The van der Waals surface area contributed by atoms with Crippen LogP contribution in [0.15, 0.2) is 18.2 Å². The van der Waals surface area contributed by atoms with Gasteiger partial charge in [-0.2, -0.15) is 5.26 Å². The summed E-state index contributed by atoms with van der Waals surface area (Å²) in [5.74, 6) is -1.01. The molecule has 140 valence electrons. The highest BCUT2D eigenvalue weighted by atomic mass is 35.5. The molecule has 2 rings (SSSR count). The quantitative estimate of drug-likeness (QED) is 0.784. The number of benzene rings is 2. The zero-order chi connectivity index (χ0) is 20.3. The fraction of sp³-hybridized carbons (Fsp3) is 0.286. The van der Waals surface area contributed by atoms with Crippen molar-refractivity contribution in [3.05, 3.63) is 62.2 Å². The molecule has 1 amide bonds. The van der Waals surface area contributed by atoms with Gasteiger partial charge in [-0.3, -0.25) is 4.79 Å². The molecule has 6 heteroatoms. The number of ether oxygens (including phenoxy) is 1. The highest BCUT2D eigenvalue weighted by molar-refractivity contribution is 6.32. The minimum atomic E-state index is -0.524. The number of nitrogens with zero attached hydrogens (tertiary/aromatic N) is 1. The van der Waals surface area contributed by atoms with Gasteiger partial charge in [0.1, 0.15) is 6.07 Å². The maximum Gasteiger partial charge on any atom is 0.339 e. The lowest BCUT2D eigenvalue weighted by molar-refractivity contribution is -0.119. The van der Waals surface area contributed by atoms with Crippen LogP contribution in [-0.2, 0) is 9.53 Å². The number of carbonyl (C=O) groups excluding carboxylic acids is 2. The van der Waals surface area contributed by atoms with E-state index in [-0.39, 0.29) is 5.02 Å². The van der Waals surface area contributed by atoms with Crippen molar-refractivity contribution >= 4 is 29.2 Å². The Hall–Kier alpha value is -2.84. The third-order valence-electron chi connectivity index (χ3n) is 4.91. The molecular weight excluding hydrogens is 364 g/mol. The first-order chi connectivity index (χ1) is 12.7. The van der Waals surface area contributed by atoms with Crippen LogP contribution >= 0.6 is 11.6 Å². The van der Waals surface area contributed by atoms with Crippen molar-refractivity contribution in [2.24, 2.45) is 0 Å². The Kier molecular flexibility index (Phi) is 6.24. The standard InChI is InChI=1S/C21H21ClN2O3/c1-11-12(2)14(4)20(15(5)13(11)3)21(26)27-10-19(25)24-17-7-6-16(9-23)18(22)8-17/h6-8H,10H2,1-5H3,(H,24,25). The Bertz CT molecular complexity index is 945. The summed E-state index contributed by atoms with van der Waals surface area (Å²) in [6.45, 7) is 9.30. The molecule has 0 spiro atoms. The molecule has 27 heavy (non-hydrogen) atoms. The van der Waals surface area contributed by atoms with E-state index < -0.39 is 18.5 Å². The van der Waals surface area contributed by atoms with Crippen molar-refractivity contribution < 1.29 is 14.3 Å². The average molecular weight is 385 g/mol. The third-order valence-corrected chi connectivity index (χ3v) is 5.22. The van der Waals surface area contributed by atoms with Crippen molar-refractivity contribution in [2.45, 2.75) is 34.6 Å². The van der Waals surface area contributed by atoms with Crippen LogP contribution in [0.5, 0.6) is 0 Å². The summed E-state index contributed by atoms with van der Waals surface area (Å²) in [6.07, 6.45) is 0. The van der Waals surface area contributed by atoms with Gasteiger partial charge in [0, 0.05) is 5.69 Å². The van der Waals surface area contributed by atoms with Crippen LogP contribution < -0.4 is 5.32 Å². The molecule has 2 aromatic rings. The molecule has 0 radical (unpaired) electrons. The topological polar surface area (TPSA) is 79.2 Å². The minimum Gasteiger partial charge on any atom is -0.452 e. The number of carbonyl (C=O) groups is 2. The van der Waals surface area contributed by atoms with Gasteiger partial charge in [0.25, 0.3) is 5.91 Å². The number of hydrogen-bond acceptors (Lipinski definition) is 4. The van der Waals surface area contributed by atoms with Gasteiger partial charge in [0.05, 0.1) is 16.1 Å². The van der Waals surface area contributed by atoms with Crippen molar-refractivity contribution in [2.75, 3.05) is 11.9 Å². The fourth-order valence-corrected chi connectivity index (χ4v) is 3.11. The lowest BCUT2D eigenvalue weighted by Crippen LogP contribution is -2.22. The molecule has 5 nitrogen and oxygen atoms in total. The van der Waals surface area contributed by atoms with Gasteiger partial charge in [-0.05, 0) is 80.6 Å². The first-order valence-electron chi connectivity index (χ1n) is 8.41. The van der Waals surface area contributed by atoms with Gasteiger partial charge < -0.3 is 10.1 Å². The van der Waals surface area contributed by atoms with Crippen LogP contribution in [0, 0.1) is 45.9 Å². The normalized spacial score (nSPS) is 10.3. The van der Waals surface area contributed by atoms with E-state index in [1.54, 1.807) is 6.07 Å². The fourth-order valence-electron chi connectivity index (χ4n) is 2.89. The Labute approximate surface area is 163 Å². The predicted octanol–water partition coefficient (Wildman–Crippen LogP) is 4.55. The zero-order valence-corrected chi connectivity index (χ0v) is 16.7. The summed E-state index contributed by atoms with van der Waals surface area (Å²) in [5.41, 5.74) is 6.21. The number of nitrogens with one attached hydrogen (secondary N) is 1. The number of hydrogen-bond donors (Lipinski definition) is 1. The average Bonchev–Trinajstić information content (AvgIpc) is 2.63. The molecule has 2 aromatic carbocycles. The number of rotatable bonds is 4.